The van der Waals surface area contributed by atoms with E-state index >= 15 is 0 Å². The number of aromatic nitrogens is 2. The summed E-state index contributed by atoms with van der Waals surface area (Å²) in [5.74, 6) is -0.654. The second-order valence-electron chi connectivity index (χ2n) is 4.90. The fraction of sp³-hybridized carbons (Fsp3) is 0.538. The lowest BCUT2D eigenvalue weighted by atomic mass is 10.1. The molecule has 2 rings (SSSR count). The van der Waals surface area contributed by atoms with Gasteiger partial charge in [-0.3, -0.25) is 19.7 Å². The van der Waals surface area contributed by atoms with E-state index in [2.05, 4.69) is 31.7 Å². The summed E-state index contributed by atoms with van der Waals surface area (Å²) in [6.07, 6.45) is 4.05. The van der Waals surface area contributed by atoms with Crippen LogP contribution in [-0.2, 0) is 16.1 Å². The molecule has 8 heteroatoms. The lowest BCUT2D eigenvalue weighted by Gasteiger charge is -2.23. The Morgan fingerprint density at radius 1 is 1.48 bits per heavy atom. The Morgan fingerprint density at radius 2 is 2.24 bits per heavy atom. The molecule has 1 aromatic heterocycles. The van der Waals surface area contributed by atoms with Crippen molar-refractivity contribution in [3.8, 4) is 0 Å². The highest BCUT2D eigenvalue weighted by molar-refractivity contribution is 9.10. The highest BCUT2D eigenvalue weighted by Crippen LogP contribution is 2.19. The molecule has 0 spiro atoms. The topological polar surface area (TPSA) is 93.1 Å². The third-order valence-electron chi connectivity index (χ3n) is 3.28. The molecule has 2 N–H and O–H groups in total. The summed E-state index contributed by atoms with van der Waals surface area (Å²) in [5, 5.41) is 9.32. The average Bonchev–Trinajstić information content (AvgIpc) is 2.45. The number of hydrogen-bond acceptors (Lipinski definition) is 5. The molecule has 0 saturated carbocycles. The minimum Gasteiger partial charge on any atom is -0.371 e. The van der Waals surface area contributed by atoms with Gasteiger partial charge in [0.1, 0.15) is 10.5 Å². The number of carbonyl (C=O) groups excluding carboxylic acids is 2. The number of carbonyl (C=O) groups is 2. The number of aryl methyl sites for hydroxylation is 1. The Hall–Kier alpha value is -1.70. The van der Waals surface area contributed by atoms with Crippen LogP contribution in [0.5, 0.6) is 0 Å². The molecule has 21 heavy (non-hydrogen) atoms. The lowest BCUT2D eigenvalue weighted by molar-refractivity contribution is -0.133. The van der Waals surface area contributed by atoms with Crippen molar-refractivity contribution in [1.82, 2.24) is 15.1 Å². The third kappa shape index (κ3) is 3.69. The number of piperidine rings is 1. The standard InChI is InChI=1S/C13H17BrN4O3/c1-2-3-6-18-13(21)11(14)9(7-15-18)16-8-4-5-10(19)17-12(8)20/h7-8,16H,2-6H2,1H3,(H,17,19,20). The van der Waals surface area contributed by atoms with E-state index in [1.54, 1.807) is 0 Å². The molecule has 1 aliphatic heterocycles. The molecule has 1 aromatic rings. The van der Waals surface area contributed by atoms with Crippen LogP contribution in [0.2, 0.25) is 0 Å². The average molecular weight is 357 g/mol. The van der Waals surface area contributed by atoms with Gasteiger partial charge in [0.25, 0.3) is 5.56 Å². The first-order chi connectivity index (χ1) is 10.0. The molecule has 1 atom stereocenters. The van der Waals surface area contributed by atoms with Gasteiger partial charge in [-0.25, -0.2) is 4.68 Å². The quantitative estimate of drug-likeness (QED) is 0.768. The van der Waals surface area contributed by atoms with Gasteiger partial charge >= 0.3 is 0 Å². The molecule has 0 aromatic carbocycles. The third-order valence-corrected chi connectivity index (χ3v) is 4.04. The monoisotopic (exact) mass is 356 g/mol. The first-order valence-corrected chi connectivity index (χ1v) is 7.68. The summed E-state index contributed by atoms with van der Waals surface area (Å²) in [4.78, 5) is 34.9. The Balaban J connectivity index is 2.14. The number of nitrogens with zero attached hydrogens (tertiary/aromatic N) is 2. The molecule has 1 unspecified atom stereocenters. The fourth-order valence-corrected chi connectivity index (χ4v) is 2.47. The van der Waals surface area contributed by atoms with Crippen molar-refractivity contribution in [3.63, 3.8) is 0 Å². The zero-order valence-electron chi connectivity index (χ0n) is 11.7. The highest BCUT2D eigenvalue weighted by atomic mass is 79.9. The van der Waals surface area contributed by atoms with Crippen LogP contribution in [0.15, 0.2) is 15.5 Å². The van der Waals surface area contributed by atoms with Gasteiger partial charge in [0.05, 0.1) is 11.9 Å². The van der Waals surface area contributed by atoms with Gasteiger partial charge in [0, 0.05) is 13.0 Å². The molecular weight excluding hydrogens is 340 g/mol. The Morgan fingerprint density at radius 3 is 2.90 bits per heavy atom. The van der Waals surface area contributed by atoms with Crippen LogP contribution in [0.25, 0.3) is 0 Å². The maximum atomic E-state index is 12.1. The molecule has 0 radical (unpaired) electrons. The normalized spacial score (nSPS) is 18.5. The van der Waals surface area contributed by atoms with Gasteiger partial charge in [-0.1, -0.05) is 13.3 Å². The summed E-state index contributed by atoms with van der Waals surface area (Å²) in [7, 11) is 0. The summed E-state index contributed by atoms with van der Waals surface area (Å²) in [6.45, 7) is 2.60. The van der Waals surface area contributed by atoms with E-state index in [9.17, 15) is 14.4 Å². The zero-order chi connectivity index (χ0) is 15.4. The van der Waals surface area contributed by atoms with Gasteiger partial charge in [0.2, 0.25) is 11.8 Å². The first kappa shape index (κ1) is 15.7. The van der Waals surface area contributed by atoms with E-state index in [0.717, 1.165) is 12.8 Å². The molecule has 0 aliphatic carbocycles. The summed E-state index contributed by atoms with van der Waals surface area (Å²) in [5.41, 5.74) is 0.225. The summed E-state index contributed by atoms with van der Waals surface area (Å²) in [6, 6.07) is -0.535. The van der Waals surface area contributed by atoms with Crippen molar-refractivity contribution >= 4 is 33.4 Å². The van der Waals surface area contributed by atoms with Crippen LogP contribution < -0.4 is 16.2 Å². The van der Waals surface area contributed by atoms with Gasteiger partial charge < -0.3 is 5.32 Å². The number of unbranched alkanes of at least 4 members (excludes halogenated alkanes) is 1. The van der Waals surface area contributed by atoms with E-state index in [1.165, 1.54) is 10.9 Å². The molecular formula is C13H17BrN4O3. The van der Waals surface area contributed by atoms with Crippen LogP contribution in [0.4, 0.5) is 5.69 Å². The van der Waals surface area contributed by atoms with E-state index in [4.69, 9.17) is 0 Å². The van der Waals surface area contributed by atoms with E-state index in [1.807, 2.05) is 6.92 Å². The van der Waals surface area contributed by atoms with Crippen LogP contribution in [0, 0.1) is 0 Å². The van der Waals surface area contributed by atoms with Gasteiger partial charge in [0.15, 0.2) is 0 Å². The maximum Gasteiger partial charge on any atom is 0.283 e. The van der Waals surface area contributed by atoms with Gasteiger partial charge in [-0.15, -0.1) is 0 Å². The van der Waals surface area contributed by atoms with Crippen LogP contribution in [-0.4, -0.2) is 27.6 Å². The van der Waals surface area contributed by atoms with Crippen molar-refractivity contribution in [3.05, 3.63) is 21.0 Å². The second kappa shape index (κ2) is 6.84. The second-order valence-corrected chi connectivity index (χ2v) is 5.70. The predicted octanol–water partition coefficient (Wildman–Crippen LogP) is 1.02. The number of hydrogen-bond donors (Lipinski definition) is 2. The number of halogens is 1. The SMILES string of the molecule is CCCCn1ncc(NC2CCC(=O)NC2=O)c(Br)c1=O. The molecule has 7 nitrogen and oxygen atoms in total. The smallest absolute Gasteiger partial charge is 0.283 e. The van der Waals surface area contributed by atoms with E-state index in [0.29, 0.717) is 23.1 Å². The number of anilines is 1. The molecule has 114 valence electrons. The minimum atomic E-state index is -0.535. The minimum absolute atomic E-state index is 0.235. The van der Waals surface area contributed by atoms with E-state index in [-0.39, 0.29) is 23.8 Å². The largest absolute Gasteiger partial charge is 0.371 e. The lowest BCUT2D eigenvalue weighted by Crippen LogP contribution is -2.47. The Labute approximate surface area is 130 Å². The summed E-state index contributed by atoms with van der Waals surface area (Å²) < 4.78 is 1.74. The van der Waals surface area contributed by atoms with Gasteiger partial charge in [-0.05, 0) is 28.8 Å². The number of amides is 2. The van der Waals surface area contributed by atoms with Crippen molar-refractivity contribution in [2.75, 3.05) is 5.32 Å². The molecule has 0 bridgehead atoms. The molecule has 2 amide bonds. The maximum absolute atomic E-state index is 12.1. The van der Waals surface area contributed by atoms with Gasteiger partial charge in [-0.2, -0.15) is 5.10 Å². The Bertz CT molecular complexity index is 614. The number of rotatable bonds is 5. The van der Waals surface area contributed by atoms with Crippen molar-refractivity contribution < 1.29 is 9.59 Å². The van der Waals surface area contributed by atoms with Crippen LogP contribution in [0.1, 0.15) is 32.6 Å². The van der Waals surface area contributed by atoms with Crippen LogP contribution in [0.3, 0.4) is 0 Å². The first-order valence-electron chi connectivity index (χ1n) is 6.88. The van der Waals surface area contributed by atoms with Crippen molar-refractivity contribution in [2.45, 2.75) is 45.2 Å². The van der Waals surface area contributed by atoms with Crippen molar-refractivity contribution in [2.24, 2.45) is 0 Å². The Kier molecular flexibility index (Phi) is 5.11. The molecule has 1 aliphatic rings. The van der Waals surface area contributed by atoms with Crippen LogP contribution >= 0.6 is 15.9 Å². The highest BCUT2D eigenvalue weighted by Gasteiger charge is 2.27. The van der Waals surface area contributed by atoms with Crippen molar-refractivity contribution in [1.29, 1.82) is 0 Å². The molecule has 1 saturated heterocycles. The number of imide groups is 1. The fourth-order valence-electron chi connectivity index (χ4n) is 2.05. The predicted molar refractivity (Wildman–Crippen MR) is 80.9 cm³/mol. The molecule has 1 fully saturated rings. The zero-order valence-corrected chi connectivity index (χ0v) is 13.3. The van der Waals surface area contributed by atoms with E-state index < -0.39 is 6.04 Å². The molecule has 2 heterocycles. The summed E-state index contributed by atoms with van der Waals surface area (Å²) >= 11 is 3.25. The number of nitrogens with one attached hydrogen (secondary N) is 2.